The second-order valence-corrected chi connectivity index (χ2v) is 6.30. The van der Waals surface area contributed by atoms with Gasteiger partial charge in [-0.1, -0.05) is 42.5 Å². The van der Waals surface area contributed by atoms with Crippen molar-refractivity contribution in [2.75, 3.05) is 23.0 Å². The number of fused-ring (bicyclic) bond motifs is 3. The molecule has 5 nitrogen and oxygen atoms in total. The Morgan fingerprint density at radius 2 is 1.73 bits per heavy atom. The first-order chi connectivity index (χ1) is 12.7. The predicted molar refractivity (Wildman–Crippen MR) is 99.7 cm³/mol. The molecule has 0 spiro atoms. The van der Waals surface area contributed by atoms with E-state index in [-0.39, 0.29) is 18.0 Å². The Morgan fingerprint density at radius 3 is 2.46 bits per heavy atom. The van der Waals surface area contributed by atoms with E-state index < -0.39 is 5.97 Å². The number of ketones is 1. The highest BCUT2D eigenvalue weighted by Crippen LogP contribution is 2.45. The molecule has 0 saturated heterocycles. The summed E-state index contributed by atoms with van der Waals surface area (Å²) >= 11 is 0. The molecule has 2 aliphatic heterocycles. The number of rotatable bonds is 4. The van der Waals surface area contributed by atoms with Gasteiger partial charge in [0.1, 0.15) is 11.4 Å². The molecule has 0 radical (unpaired) electrons. The molecule has 0 N–H and O–H groups in total. The fourth-order valence-electron chi connectivity index (χ4n) is 3.59. The molecule has 5 heteroatoms. The maximum Gasteiger partial charge on any atom is 0.345 e. The maximum atomic E-state index is 12.6. The second-order valence-electron chi connectivity index (χ2n) is 6.30. The molecule has 2 aliphatic rings. The van der Waals surface area contributed by atoms with Crippen LogP contribution in [-0.4, -0.2) is 24.9 Å². The lowest BCUT2D eigenvalue weighted by Crippen LogP contribution is -2.39. The Morgan fingerprint density at radius 1 is 1.04 bits per heavy atom. The van der Waals surface area contributed by atoms with Crippen molar-refractivity contribution in [3.63, 3.8) is 0 Å². The van der Waals surface area contributed by atoms with Crippen molar-refractivity contribution in [1.29, 1.82) is 0 Å². The van der Waals surface area contributed by atoms with Crippen LogP contribution in [0, 0.1) is 0 Å². The van der Waals surface area contributed by atoms with E-state index in [0.29, 0.717) is 25.3 Å². The van der Waals surface area contributed by atoms with E-state index in [0.717, 1.165) is 16.9 Å². The molecule has 0 atom stereocenters. The first-order valence-corrected chi connectivity index (χ1v) is 8.83. The molecule has 2 aromatic carbocycles. The molecule has 0 saturated carbocycles. The lowest BCUT2D eigenvalue weighted by Gasteiger charge is -2.30. The number of hydrogen-bond acceptors (Lipinski definition) is 5. The van der Waals surface area contributed by atoms with Gasteiger partial charge in [-0.2, -0.15) is 0 Å². The quantitative estimate of drug-likeness (QED) is 0.627. The summed E-state index contributed by atoms with van der Waals surface area (Å²) in [5.41, 5.74) is 3.29. The van der Waals surface area contributed by atoms with Gasteiger partial charge in [0, 0.05) is 19.5 Å². The SMILES string of the molecule is CCOC(=O)C1=C2N(CCC1=O)c1ccccc1N2Cc1ccccc1. The Hall–Kier alpha value is -3.08. The summed E-state index contributed by atoms with van der Waals surface area (Å²) in [4.78, 5) is 29.2. The Bertz CT molecular complexity index is 889. The number of carbonyl (C=O) groups excluding carboxylic acids is 2. The van der Waals surface area contributed by atoms with E-state index in [1.165, 1.54) is 0 Å². The van der Waals surface area contributed by atoms with E-state index in [2.05, 4.69) is 4.90 Å². The van der Waals surface area contributed by atoms with Gasteiger partial charge in [0.05, 0.1) is 18.0 Å². The molecule has 2 heterocycles. The molecule has 2 aromatic rings. The van der Waals surface area contributed by atoms with Gasteiger partial charge in [-0.05, 0) is 24.6 Å². The lowest BCUT2D eigenvalue weighted by molar-refractivity contribution is -0.140. The third kappa shape index (κ3) is 2.65. The molecule has 0 aromatic heterocycles. The van der Waals surface area contributed by atoms with Crippen LogP contribution in [0.2, 0.25) is 0 Å². The number of anilines is 2. The molecule has 0 bridgehead atoms. The van der Waals surface area contributed by atoms with Gasteiger partial charge in [-0.3, -0.25) is 4.79 Å². The zero-order chi connectivity index (χ0) is 18.1. The predicted octanol–water partition coefficient (Wildman–Crippen LogP) is 3.26. The number of benzene rings is 2. The van der Waals surface area contributed by atoms with Crippen LogP contribution in [0.5, 0.6) is 0 Å². The van der Waals surface area contributed by atoms with Crippen molar-refractivity contribution < 1.29 is 14.3 Å². The lowest BCUT2D eigenvalue weighted by atomic mass is 10.0. The summed E-state index contributed by atoms with van der Waals surface area (Å²) in [7, 11) is 0. The van der Waals surface area contributed by atoms with Crippen LogP contribution in [-0.2, 0) is 20.9 Å². The van der Waals surface area contributed by atoms with Gasteiger partial charge in [-0.25, -0.2) is 4.79 Å². The zero-order valence-electron chi connectivity index (χ0n) is 14.6. The summed E-state index contributed by atoms with van der Waals surface area (Å²) in [6, 6.07) is 18.0. The number of ether oxygens (including phenoxy) is 1. The average molecular weight is 348 g/mol. The standard InChI is InChI=1S/C21H20N2O3/c1-2-26-21(25)19-18(24)12-13-22-16-10-6-7-11-17(16)23(20(19)22)14-15-8-4-3-5-9-15/h3-11H,2,12-14H2,1H3. The van der Waals surface area contributed by atoms with Crippen molar-refractivity contribution in [3.8, 4) is 0 Å². The zero-order valence-corrected chi connectivity index (χ0v) is 14.6. The van der Waals surface area contributed by atoms with E-state index >= 15 is 0 Å². The van der Waals surface area contributed by atoms with Gasteiger partial charge >= 0.3 is 5.97 Å². The molecule has 0 fully saturated rings. The monoisotopic (exact) mass is 348 g/mol. The molecular formula is C21H20N2O3. The van der Waals surface area contributed by atoms with Crippen LogP contribution in [0.1, 0.15) is 18.9 Å². The van der Waals surface area contributed by atoms with Crippen LogP contribution >= 0.6 is 0 Å². The number of carbonyl (C=O) groups is 2. The minimum atomic E-state index is -0.539. The topological polar surface area (TPSA) is 49.9 Å². The molecule has 0 amide bonds. The maximum absolute atomic E-state index is 12.6. The van der Waals surface area contributed by atoms with Crippen molar-refractivity contribution in [1.82, 2.24) is 0 Å². The number of Topliss-reactive ketones (excluding diaryl/α,β-unsaturated/α-hetero) is 1. The highest BCUT2D eigenvalue weighted by Gasteiger charge is 2.41. The van der Waals surface area contributed by atoms with Gasteiger partial charge < -0.3 is 14.5 Å². The van der Waals surface area contributed by atoms with Crippen molar-refractivity contribution in [3.05, 3.63) is 71.6 Å². The molecule has 0 aliphatic carbocycles. The van der Waals surface area contributed by atoms with Crippen molar-refractivity contribution in [2.24, 2.45) is 0 Å². The van der Waals surface area contributed by atoms with Gasteiger partial charge in [0.25, 0.3) is 0 Å². The number of hydrogen-bond donors (Lipinski definition) is 0. The smallest absolute Gasteiger partial charge is 0.345 e. The van der Waals surface area contributed by atoms with E-state index in [1.807, 2.05) is 59.5 Å². The minimum absolute atomic E-state index is 0.152. The summed E-state index contributed by atoms with van der Waals surface area (Å²) in [6.45, 7) is 3.15. The van der Waals surface area contributed by atoms with Crippen LogP contribution in [0.15, 0.2) is 66.0 Å². The summed E-state index contributed by atoms with van der Waals surface area (Å²) in [5, 5.41) is 0. The Balaban J connectivity index is 1.86. The largest absolute Gasteiger partial charge is 0.462 e. The van der Waals surface area contributed by atoms with Crippen molar-refractivity contribution >= 4 is 23.1 Å². The Kier molecular flexibility index (Phi) is 4.21. The summed E-state index contributed by atoms with van der Waals surface area (Å²) in [5.74, 6) is -0.0478. The number of para-hydroxylation sites is 2. The summed E-state index contributed by atoms with van der Waals surface area (Å²) < 4.78 is 5.19. The first-order valence-electron chi connectivity index (χ1n) is 8.83. The number of esters is 1. The highest BCUT2D eigenvalue weighted by molar-refractivity contribution is 6.20. The van der Waals surface area contributed by atoms with Gasteiger partial charge in [-0.15, -0.1) is 0 Å². The fourth-order valence-corrected chi connectivity index (χ4v) is 3.59. The molecular weight excluding hydrogens is 328 g/mol. The minimum Gasteiger partial charge on any atom is -0.462 e. The van der Waals surface area contributed by atoms with Crippen LogP contribution < -0.4 is 9.80 Å². The highest BCUT2D eigenvalue weighted by atomic mass is 16.5. The van der Waals surface area contributed by atoms with Gasteiger partial charge in [0.15, 0.2) is 5.78 Å². The molecule has 26 heavy (non-hydrogen) atoms. The third-order valence-electron chi connectivity index (χ3n) is 4.70. The fraction of sp³-hybridized carbons (Fsp3) is 0.238. The average Bonchev–Trinajstić information content (AvgIpc) is 2.97. The molecule has 0 unspecified atom stereocenters. The van der Waals surface area contributed by atoms with E-state index in [9.17, 15) is 9.59 Å². The Labute approximate surface area is 152 Å². The normalized spacial score (nSPS) is 15.8. The first kappa shape index (κ1) is 16.4. The molecule has 132 valence electrons. The van der Waals surface area contributed by atoms with E-state index in [1.54, 1.807) is 6.92 Å². The second kappa shape index (κ2) is 6.67. The van der Waals surface area contributed by atoms with E-state index in [4.69, 9.17) is 4.74 Å². The molecule has 4 rings (SSSR count). The van der Waals surface area contributed by atoms with Crippen LogP contribution in [0.4, 0.5) is 11.4 Å². The van der Waals surface area contributed by atoms with Gasteiger partial charge in [0.2, 0.25) is 0 Å². The third-order valence-corrected chi connectivity index (χ3v) is 4.70. The number of nitrogens with zero attached hydrogens (tertiary/aromatic N) is 2. The summed E-state index contributed by atoms with van der Waals surface area (Å²) in [6.07, 6.45) is 0.311. The van der Waals surface area contributed by atoms with Crippen LogP contribution in [0.3, 0.4) is 0 Å². The van der Waals surface area contributed by atoms with Crippen molar-refractivity contribution in [2.45, 2.75) is 19.9 Å². The van der Waals surface area contributed by atoms with Crippen LogP contribution in [0.25, 0.3) is 0 Å².